The molecule has 0 amide bonds. The Morgan fingerprint density at radius 3 is 2.05 bits per heavy atom. The van der Waals surface area contributed by atoms with Gasteiger partial charge in [-0.25, -0.2) is 18.9 Å². The quantitative estimate of drug-likeness (QED) is 0.00570. The summed E-state index contributed by atoms with van der Waals surface area (Å²) in [6.07, 6.45) is -1.43. The molecule has 0 aliphatic carbocycles. The number of nitrogens with two attached hydrogens (primary N) is 1. The van der Waals surface area contributed by atoms with Crippen LogP contribution in [0.3, 0.4) is 0 Å². The number of aromatic nitrogens is 2. The number of benzene rings is 4. The molecule has 314 valence electrons. The van der Waals surface area contributed by atoms with Crippen molar-refractivity contribution in [2.24, 2.45) is 20.5 Å². The Morgan fingerprint density at radius 2 is 1.41 bits per heavy atom. The zero-order chi connectivity index (χ0) is 43.1. The standard InChI is InChI=1S/C28H22F2N8O16S5/c29-23-12-24(34-28(30)33-23)32-13-1-5-21(58(44,45)46)18(9-13)35-38-26-20(55-53-51-40)11-16-15(27(26)39)3-4-17(31)25(16)37-36-19-10-14(2-6-22(19)59(47,48)49)57(42,43)8-7-50-56-54-52-41/h1-6,9-12,39-41H,7-8,31H2,(H,32,33,34)(H,44,45,46)(H,47,48,49). The minimum Gasteiger partial charge on any atom is -0.505 e. The van der Waals surface area contributed by atoms with Gasteiger partial charge < -0.3 is 16.2 Å². The average molecular weight is 925 g/mol. The van der Waals surface area contributed by atoms with Gasteiger partial charge in [-0.15, -0.1) is 29.1 Å². The summed E-state index contributed by atoms with van der Waals surface area (Å²) < 4.78 is 135. The zero-order valence-corrected chi connectivity index (χ0v) is 32.6. The van der Waals surface area contributed by atoms with Crippen molar-refractivity contribution in [1.29, 1.82) is 0 Å². The molecule has 0 fully saturated rings. The summed E-state index contributed by atoms with van der Waals surface area (Å²) in [4.78, 5) is 3.75. The molecule has 0 radical (unpaired) electrons. The van der Waals surface area contributed by atoms with Gasteiger partial charge in [0, 0.05) is 22.5 Å². The molecule has 5 aromatic rings. The van der Waals surface area contributed by atoms with Crippen molar-refractivity contribution in [2.45, 2.75) is 19.6 Å². The van der Waals surface area contributed by atoms with Crippen molar-refractivity contribution in [1.82, 2.24) is 9.97 Å². The Bertz CT molecular complexity index is 2790. The van der Waals surface area contributed by atoms with Crippen LogP contribution in [-0.2, 0) is 53.0 Å². The van der Waals surface area contributed by atoms with E-state index in [2.05, 4.69) is 54.5 Å². The van der Waals surface area contributed by atoms with Crippen molar-refractivity contribution in [3.05, 3.63) is 72.7 Å². The van der Waals surface area contributed by atoms with Crippen LogP contribution in [0.4, 0.5) is 48.7 Å². The van der Waals surface area contributed by atoms with E-state index in [0.29, 0.717) is 6.07 Å². The average Bonchev–Trinajstić information content (AvgIpc) is 3.15. The number of sulfone groups is 1. The maximum absolute atomic E-state index is 13.6. The summed E-state index contributed by atoms with van der Waals surface area (Å²) in [6, 6.07) is 9.60. The summed E-state index contributed by atoms with van der Waals surface area (Å²) in [5.74, 6) is -3.08. The summed E-state index contributed by atoms with van der Waals surface area (Å²) in [5.41, 5.74) is 3.81. The van der Waals surface area contributed by atoms with E-state index in [-0.39, 0.29) is 57.1 Å². The van der Waals surface area contributed by atoms with E-state index < -0.39 is 97.8 Å². The second-order valence-electron chi connectivity index (χ2n) is 10.9. The van der Waals surface area contributed by atoms with Gasteiger partial charge in [0.2, 0.25) is 5.95 Å². The molecule has 0 saturated carbocycles. The molecule has 0 saturated heterocycles. The van der Waals surface area contributed by atoms with E-state index in [9.17, 15) is 48.2 Å². The first-order chi connectivity index (χ1) is 27.8. The lowest BCUT2D eigenvalue weighted by molar-refractivity contribution is -0.434. The van der Waals surface area contributed by atoms with Crippen LogP contribution < -0.4 is 11.1 Å². The number of phenolic OH excluding ortho intramolecular Hbond substituents is 1. The number of aromatic hydroxyl groups is 1. The lowest BCUT2D eigenvalue weighted by Gasteiger charge is -2.12. The third kappa shape index (κ3) is 11.3. The maximum atomic E-state index is 13.6. The predicted octanol–water partition coefficient (Wildman–Crippen LogP) is 6.47. The monoisotopic (exact) mass is 924 g/mol. The highest BCUT2D eigenvalue weighted by Gasteiger charge is 2.24. The highest BCUT2D eigenvalue weighted by atomic mass is 32.2. The van der Waals surface area contributed by atoms with Crippen LogP contribution in [0.1, 0.15) is 0 Å². The molecule has 0 aliphatic rings. The van der Waals surface area contributed by atoms with Gasteiger partial charge in [-0.3, -0.25) is 13.3 Å². The van der Waals surface area contributed by atoms with Gasteiger partial charge in [-0.1, -0.05) is 10.1 Å². The second kappa shape index (κ2) is 18.8. The zero-order valence-electron chi connectivity index (χ0n) is 28.5. The Labute approximate surface area is 337 Å². The van der Waals surface area contributed by atoms with Gasteiger partial charge in [0.05, 0.1) is 39.9 Å². The second-order valence-corrected chi connectivity index (χ2v) is 17.0. The van der Waals surface area contributed by atoms with Crippen molar-refractivity contribution < 1.29 is 81.7 Å². The van der Waals surface area contributed by atoms with Crippen molar-refractivity contribution >= 4 is 105 Å². The van der Waals surface area contributed by atoms with Gasteiger partial charge >= 0.3 is 6.08 Å². The SMILES string of the molecule is Nc1ccc2c(O)c(N=Nc3cc(Nc4cc(F)nc(F)n4)ccc3S(=O)(=O)O)c(SOOO)cc2c1N=Nc1cc(S(=O)(=O)CCOSOOO)ccc1S(=O)(=O)O. The third-order valence-electron chi connectivity index (χ3n) is 7.19. The van der Waals surface area contributed by atoms with Crippen LogP contribution in [0, 0.1) is 12.0 Å². The van der Waals surface area contributed by atoms with Crippen molar-refractivity contribution in [2.75, 3.05) is 23.4 Å². The number of nitrogens with zero attached hydrogens (tertiary/aromatic N) is 6. The molecular formula is C28H22F2N8O16S5. The third-order valence-corrected chi connectivity index (χ3v) is 11.7. The number of fused-ring (bicyclic) bond motifs is 1. The molecule has 8 N–H and O–H groups in total. The molecule has 31 heteroatoms. The van der Waals surface area contributed by atoms with Crippen LogP contribution in [0.15, 0.2) is 101 Å². The first-order valence-corrected chi connectivity index (χ1v) is 21.0. The van der Waals surface area contributed by atoms with E-state index in [1.54, 1.807) is 0 Å². The lowest BCUT2D eigenvalue weighted by Crippen LogP contribution is -2.11. The smallest absolute Gasteiger partial charge is 0.313 e. The van der Waals surface area contributed by atoms with Crippen molar-refractivity contribution in [3.8, 4) is 5.75 Å². The molecule has 4 aromatic carbocycles. The molecule has 0 bridgehead atoms. The van der Waals surface area contributed by atoms with Crippen LogP contribution in [0.5, 0.6) is 5.75 Å². The summed E-state index contributed by atoms with van der Waals surface area (Å²) >= 11 is 0.306. The molecule has 0 spiro atoms. The van der Waals surface area contributed by atoms with Crippen LogP contribution in [-0.4, -0.2) is 72.3 Å². The van der Waals surface area contributed by atoms with E-state index in [1.807, 2.05) is 0 Å². The van der Waals surface area contributed by atoms with E-state index >= 15 is 0 Å². The number of anilines is 3. The molecule has 5 rings (SSSR count). The summed E-state index contributed by atoms with van der Waals surface area (Å²) in [6.45, 7) is -0.504. The Hall–Kier alpha value is -5.13. The van der Waals surface area contributed by atoms with E-state index in [4.69, 9.17) is 20.4 Å². The van der Waals surface area contributed by atoms with Gasteiger partial charge in [0.1, 0.15) is 38.4 Å². The van der Waals surface area contributed by atoms with Gasteiger partial charge in [-0.2, -0.15) is 35.6 Å². The number of nitrogens with one attached hydrogen (secondary N) is 1. The molecule has 0 atom stereocenters. The first-order valence-electron chi connectivity index (χ1n) is 15.1. The summed E-state index contributed by atoms with van der Waals surface area (Å²) in [5, 5.41) is 53.2. The highest BCUT2D eigenvalue weighted by molar-refractivity contribution is 7.94. The predicted molar refractivity (Wildman–Crippen MR) is 197 cm³/mol. The normalized spacial score (nSPS) is 12.6. The topological polar surface area (TPSA) is 363 Å². The highest BCUT2D eigenvalue weighted by Crippen LogP contribution is 2.48. The fourth-order valence-electron chi connectivity index (χ4n) is 4.76. The van der Waals surface area contributed by atoms with Gasteiger partial charge in [0.15, 0.2) is 27.9 Å². The molecule has 24 nitrogen and oxygen atoms in total. The number of azo groups is 2. The molecule has 0 unspecified atom stereocenters. The van der Waals surface area contributed by atoms with Crippen LogP contribution in [0.2, 0.25) is 0 Å². The number of nitrogen functional groups attached to an aromatic ring is 1. The minimum absolute atomic E-state index is 0.0723. The molecule has 0 aliphatic heterocycles. The van der Waals surface area contributed by atoms with Crippen LogP contribution in [0.25, 0.3) is 10.8 Å². The van der Waals surface area contributed by atoms with E-state index in [0.717, 1.165) is 42.5 Å². The maximum Gasteiger partial charge on any atom is 0.313 e. The Balaban J connectivity index is 1.60. The van der Waals surface area contributed by atoms with E-state index in [1.165, 1.54) is 12.1 Å². The molecule has 1 heterocycles. The molecule has 1 aromatic heterocycles. The molecular weight excluding hydrogens is 903 g/mol. The fraction of sp³-hybridized carbons (Fsp3) is 0.0714. The number of halogens is 2. The van der Waals surface area contributed by atoms with Crippen molar-refractivity contribution in [3.63, 3.8) is 0 Å². The minimum atomic E-state index is -5.05. The lowest BCUT2D eigenvalue weighted by atomic mass is 10.1. The number of rotatable bonds is 18. The Morgan fingerprint density at radius 1 is 0.763 bits per heavy atom. The Kier molecular flexibility index (Phi) is 14.4. The summed E-state index contributed by atoms with van der Waals surface area (Å²) in [7, 11) is -14.3. The number of phenols is 1. The fourth-order valence-corrected chi connectivity index (χ4v) is 7.88. The number of hydrogen-bond donors (Lipinski definition) is 7. The largest absolute Gasteiger partial charge is 0.505 e. The molecule has 59 heavy (non-hydrogen) atoms. The van der Waals surface area contributed by atoms with Crippen LogP contribution >= 0.6 is 24.4 Å². The number of hydrogen-bond acceptors (Lipinski definition) is 24. The van der Waals surface area contributed by atoms with Gasteiger partial charge in [-0.05, 0) is 54.6 Å². The first kappa shape index (κ1) is 45.0. The van der Waals surface area contributed by atoms with Gasteiger partial charge in [0.25, 0.3) is 20.2 Å².